The van der Waals surface area contributed by atoms with Crippen LogP contribution in [0.25, 0.3) is 0 Å². The molecule has 0 fully saturated rings. The summed E-state index contributed by atoms with van der Waals surface area (Å²) < 4.78 is 4.19. The number of anilines is 1. The van der Waals surface area contributed by atoms with Crippen molar-refractivity contribution in [1.29, 1.82) is 0 Å². The van der Waals surface area contributed by atoms with E-state index in [0.29, 0.717) is 11.1 Å². The van der Waals surface area contributed by atoms with Crippen molar-refractivity contribution in [3.05, 3.63) is 88.2 Å². The van der Waals surface area contributed by atoms with Crippen LogP contribution in [0.15, 0.2) is 76.4 Å². The van der Waals surface area contributed by atoms with Crippen molar-refractivity contribution in [2.75, 3.05) is 4.72 Å². The number of benzene rings is 2. The van der Waals surface area contributed by atoms with Crippen LogP contribution in [0, 0.1) is 0 Å². The second-order valence-corrected chi connectivity index (χ2v) is 9.03. The van der Waals surface area contributed by atoms with Crippen LogP contribution in [0.2, 0.25) is 0 Å². The molecule has 2 aromatic carbocycles. The molecule has 0 aliphatic rings. The number of carbonyl (C=O) groups is 1. The molecular weight excluding hydrogens is 420 g/mol. The number of ketones is 1. The zero-order chi connectivity index (χ0) is 19.4. The van der Waals surface area contributed by atoms with Crippen LogP contribution >= 0.6 is 27.9 Å². The van der Waals surface area contributed by atoms with E-state index in [4.69, 9.17) is 0 Å². The standard InChI is InChI=1S/C22H21BrN2OS/c1-22(2,3)16-4-7-18(8-5-16)27-25-20-9-6-17(23)14-19(20)21(26)15-10-12-24-13-11-15/h4-14,25H,1-3H3. The smallest absolute Gasteiger partial charge is 0.195 e. The highest BCUT2D eigenvalue weighted by Crippen LogP contribution is 2.30. The minimum Gasteiger partial charge on any atom is -0.325 e. The molecule has 5 heteroatoms. The lowest BCUT2D eigenvalue weighted by molar-refractivity contribution is 0.103. The van der Waals surface area contributed by atoms with E-state index in [9.17, 15) is 4.79 Å². The van der Waals surface area contributed by atoms with Gasteiger partial charge in [-0.25, -0.2) is 0 Å². The van der Waals surface area contributed by atoms with Crippen LogP contribution in [-0.4, -0.2) is 10.8 Å². The number of aromatic nitrogens is 1. The molecule has 0 bridgehead atoms. The van der Waals surface area contributed by atoms with Gasteiger partial charge in [-0.3, -0.25) is 9.78 Å². The summed E-state index contributed by atoms with van der Waals surface area (Å²) in [7, 11) is 0. The van der Waals surface area contributed by atoms with E-state index in [2.05, 4.69) is 70.7 Å². The largest absolute Gasteiger partial charge is 0.325 e. The Morgan fingerprint density at radius 3 is 2.30 bits per heavy atom. The molecular formula is C22H21BrN2OS. The highest BCUT2D eigenvalue weighted by atomic mass is 79.9. The SMILES string of the molecule is CC(C)(C)c1ccc(SNc2ccc(Br)cc2C(=O)c2ccncc2)cc1. The number of hydrogen-bond acceptors (Lipinski definition) is 4. The van der Waals surface area contributed by atoms with Gasteiger partial charge in [-0.2, -0.15) is 0 Å². The first-order valence-electron chi connectivity index (χ1n) is 8.62. The first kappa shape index (κ1) is 19.6. The van der Waals surface area contributed by atoms with Crippen LogP contribution < -0.4 is 4.72 Å². The third-order valence-corrected chi connectivity index (χ3v) is 5.49. The number of rotatable bonds is 5. The topological polar surface area (TPSA) is 42.0 Å². The van der Waals surface area contributed by atoms with E-state index in [-0.39, 0.29) is 11.2 Å². The third kappa shape index (κ3) is 4.99. The predicted octanol–water partition coefficient (Wildman–Crippen LogP) is 6.49. The molecule has 0 aliphatic carbocycles. The first-order chi connectivity index (χ1) is 12.8. The second kappa shape index (κ2) is 8.28. The maximum Gasteiger partial charge on any atom is 0.195 e. The van der Waals surface area contributed by atoms with E-state index in [1.54, 1.807) is 24.5 Å². The third-order valence-electron chi connectivity index (χ3n) is 4.17. The van der Waals surface area contributed by atoms with Gasteiger partial charge < -0.3 is 4.72 Å². The average Bonchev–Trinajstić information content (AvgIpc) is 2.66. The Kier molecular flexibility index (Phi) is 6.02. The van der Waals surface area contributed by atoms with Crippen molar-refractivity contribution in [2.24, 2.45) is 0 Å². The Hall–Kier alpha value is -2.11. The van der Waals surface area contributed by atoms with Crippen LogP contribution in [0.5, 0.6) is 0 Å². The summed E-state index contributed by atoms with van der Waals surface area (Å²) in [5.41, 5.74) is 3.45. The predicted molar refractivity (Wildman–Crippen MR) is 116 cm³/mol. The lowest BCUT2D eigenvalue weighted by Crippen LogP contribution is -2.10. The van der Waals surface area contributed by atoms with E-state index < -0.39 is 0 Å². The molecule has 0 saturated heterocycles. The minimum absolute atomic E-state index is 0.0371. The maximum atomic E-state index is 12.9. The normalized spacial score (nSPS) is 11.3. The summed E-state index contributed by atoms with van der Waals surface area (Å²) in [6.45, 7) is 6.60. The van der Waals surface area contributed by atoms with E-state index in [1.807, 2.05) is 18.2 Å². The molecule has 138 valence electrons. The van der Waals surface area contributed by atoms with Gasteiger partial charge in [0.25, 0.3) is 0 Å². The zero-order valence-corrected chi connectivity index (χ0v) is 17.9. The molecule has 0 aliphatic heterocycles. The summed E-state index contributed by atoms with van der Waals surface area (Å²) in [5.74, 6) is -0.0371. The molecule has 1 heterocycles. The zero-order valence-electron chi connectivity index (χ0n) is 15.5. The van der Waals surface area contributed by atoms with Crippen LogP contribution in [0.4, 0.5) is 5.69 Å². The fraction of sp³-hybridized carbons (Fsp3) is 0.182. The summed E-state index contributed by atoms with van der Waals surface area (Å²) in [5, 5.41) is 0. The van der Waals surface area contributed by atoms with Gasteiger partial charge in [0, 0.05) is 32.9 Å². The Morgan fingerprint density at radius 1 is 1.00 bits per heavy atom. The molecule has 27 heavy (non-hydrogen) atoms. The lowest BCUT2D eigenvalue weighted by Gasteiger charge is -2.19. The van der Waals surface area contributed by atoms with Gasteiger partial charge in [0.2, 0.25) is 0 Å². The average molecular weight is 441 g/mol. The number of nitrogens with one attached hydrogen (secondary N) is 1. The summed E-state index contributed by atoms with van der Waals surface area (Å²) in [6, 6.07) is 17.6. The monoisotopic (exact) mass is 440 g/mol. The Labute approximate surface area is 172 Å². The number of hydrogen-bond donors (Lipinski definition) is 1. The van der Waals surface area contributed by atoms with Crippen molar-refractivity contribution in [3.63, 3.8) is 0 Å². The molecule has 3 nitrogen and oxygen atoms in total. The number of pyridine rings is 1. The molecule has 0 unspecified atom stereocenters. The molecule has 1 N–H and O–H groups in total. The molecule has 0 atom stereocenters. The van der Waals surface area contributed by atoms with Crippen LogP contribution in [-0.2, 0) is 5.41 Å². The molecule has 3 rings (SSSR count). The van der Waals surface area contributed by atoms with Gasteiger partial charge in [-0.05, 0) is 65.4 Å². The van der Waals surface area contributed by atoms with Crippen molar-refractivity contribution in [2.45, 2.75) is 31.1 Å². The van der Waals surface area contributed by atoms with Gasteiger partial charge in [0.15, 0.2) is 5.78 Å². The van der Waals surface area contributed by atoms with Crippen molar-refractivity contribution >= 4 is 39.3 Å². The second-order valence-electron chi connectivity index (χ2n) is 7.23. The van der Waals surface area contributed by atoms with Crippen molar-refractivity contribution in [1.82, 2.24) is 4.98 Å². The number of nitrogens with zero attached hydrogens (tertiary/aromatic N) is 1. The number of carbonyl (C=O) groups excluding carboxylic acids is 1. The Morgan fingerprint density at radius 2 is 1.67 bits per heavy atom. The lowest BCUT2D eigenvalue weighted by atomic mass is 9.87. The molecule has 0 amide bonds. The first-order valence-corrected chi connectivity index (χ1v) is 10.2. The quantitative estimate of drug-likeness (QED) is 0.363. The minimum atomic E-state index is -0.0371. The van der Waals surface area contributed by atoms with Gasteiger partial charge >= 0.3 is 0 Å². The summed E-state index contributed by atoms with van der Waals surface area (Å²) in [4.78, 5) is 18.0. The van der Waals surface area contributed by atoms with Crippen LogP contribution in [0.3, 0.4) is 0 Å². The van der Waals surface area contributed by atoms with Gasteiger partial charge in [-0.15, -0.1) is 0 Å². The fourth-order valence-corrected chi connectivity index (χ4v) is 3.63. The molecule has 0 saturated carbocycles. The number of halogens is 1. The highest BCUT2D eigenvalue weighted by Gasteiger charge is 2.15. The summed E-state index contributed by atoms with van der Waals surface area (Å²) in [6.07, 6.45) is 3.26. The Balaban J connectivity index is 1.80. The van der Waals surface area contributed by atoms with Crippen molar-refractivity contribution in [3.8, 4) is 0 Å². The van der Waals surface area contributed by atoms with E-state index in [1.165, 1.54) is 17.5 Å². The Bertz CT molecular complexity index is 935. The molecule has 0 radical (unpaired) electrons. The van der Waals surface area contributed by atoms with Crippen molar-refractivity contribution < 1.29 is 4.79 Å². The molecule has 0 spiro atoms. The van der Waals surface area contributed by atoms with Gasteiger partial charge in [0.1, 0.15) is 0 Å². The maximum absolute atomic E-state index is 12.9. The molecule has 3 aromatic rings. The van der Waals surface area contributed by atoms with Crippen LogP contribution in [0.1, 0.15) is 42.3 Å². The van der Waals surface area contributed by atoms with Gasteiger partial charge in [0.05, 0.1) is 5.69 Å². The van der Waals surface area contributed by atoms with E-state index in [0.717, 1.165) is 15.1 Å². The highest BCUT2D eigenvalue weighted by molar-refractivity contribution is 9.10. The fourth-order valence-electron chi connectivity index (χ4n) is 2.59. The summed E-state index contributed by atoms with van der Waals surface area (Å²) >= 11 is 4.96. The van der Waals surface area contributed by atoms with E-state index >= 15 is 0 Å². The molecule has 1 aromatic heterocycles. The van der Waals surface area contributed by atoms with Gasteiger partial charge in [-0.1, -0.05) is 48.8 Å².